The highest BCUT2D eigenvalue weighted by atomic mass is 16.7. The highest BCUT2D eigenvalue weighted by molar-refractivity contribution is 5.99. The van der Waals surface area contributed by atoms with Gasteiger partial charge in [-0.1, -0.05) is 0 Å². The molecule has 108 valence electrons. The Kier molecular flexibility index (Phi) is 3.35. The lowest BCUT2D eigenvalue weighted by molar-refractivity contribution is 0.0954. The van der Waals surface area contributed by atoms with Gasteiger partial charge in [-0.2, -0.15) is 5.10 Å². The molecule has 3 rings (SSSR count). The summed E-state index contributed by atoms with van der Waals surface area (Å²) in [7, 11) is 0. The smallest absolute Gasteiger partial charge is 0.271 e. The molecule has 1 aromatic heterocycles. The molecule has 1 N–H and O–H groups in total. The Morgan fingerprint density at radius 1 is 1.19 bits per heavy atom. The molecule has 0 spiro atoms. The quantitative estimate of drug-likeness (QED) is 0.695. The second-order valence-corrected chi connectivity index (χ2v) is 4.62. The van der Waals surface area contributed by atoms with Crippen molar-refractivity contribution in [1.29, 1.82) is 0 Å². The number of fused-ring (bicyclic) bond motifs is 1. The summed E-state index contributed by atoms with van der Waals surface area (Å²) in [6.45, 7) is 3.79. The third kappa shape index (κ3) is 2.74. The number of ether oxygens (including phenoxy) is 2. The minimum absolute atomic E-state index is 0.176. The number of hydrazone groups is 1. The van der Waals surface area contributed by atoms with Crippen LogP contribution in [0.5, 0.6) is 11.5 Å². The zero-order valence-electron chi connectivity index (χ0n) is 11.7. The number of hydrogen-bond donors (Lipinski definition) is 1. The van der Waals surface area contributed by atoms with Crippen LogP contribution in [0.2, 0.25) is 0 Å². The number of amides is 1. The van der Waals surface area contributed by atoms with Gasteiger partial charge >= 0.3 is 0 Å². The normalized spacial score (nSPS) is 13.3. The number of aryl methyl sites for hydroxylation is 1. The summed E-state index contributed by atoms with van der Waals surface area (Å²) < 4.78 is 15.9. The first-order valence-corrected chi connectivity index (χ1v) is 6.44. The van der Waals surface area contributed by atoms with Crippen molar-refractivity contribution in [3.05, 3.63) is 47.4 Å². The fourth-order valence-corrected chi connectivity index (χ4v) is 1.92. The molecule has 6 nitrogen and oxygen atoms in total. The van der Waals surface area contributed by atoms with Gasteiger partial charge in [0, 0.05) is 5.56 Å². The minimum atomic E-state index is -0.323. The Hall–Kier alpha value is -2.76. The van der Waals surface area contributed by atoms with Gasteiger partial charge in [0.1, 0.15) is 17.2 Å². The number of benzene rings is 1. The molecule has 1 aromatic carbocycles. The molecule has 0 saturated heterocycles. The zero-order chi connectivity index (χ0) is 14.8. The lowest BCUT2D eigenvalue weighted by Crippen LogP contribution is -2.19. The molecule has 0 bridgehead atoms. The minimum Gasteiger partial charge on any atom is -0.460 e. The van der Waals surface area contributed by atoms with Crippen molar-refractivity contribution < 1.29 is 18.7 Å². The van der Waals surface area contributed by atoms with Gasteiger partial charge in [-0.3, -0.25) is 4.79 Å². The van der Waals surface area contributed by atoms with E-state index in [1.54, 1.807) is 31.2 Å². The molecule has 1 amide bonds. The van der Waals surface area contributed by atoms with Crippen LogP contribution in [0.4, 0.5) is 0 Å². The zero-order valence-corrected chi connectivity index (χ0v) is 11.7. The molecule has 21 heavy (non-hydrogen) atoms. The average molecular weight is 286 g/mol. The van der Waals surface area contributed by atoms with Crippen LogP contribution >= 0.6 is 0 Å². The molecule has 2 aromatic rings. The van der Waals surface area contributed by atoms with Crippen LogP contribution in [0.3, 0.4) is 0 Å². The van der Waals surface area contributed by atoms with Crippen molar-refractivity contribution in [1.82, 2.24) is 5.43 Å². The molecule has 0 radical (unpaired) electrons. The van der Waals surface area contributed by atoms with Crippen molar-refractivity contribution in [3.8, 4) is 11.5 Å². The van der Waals surface area contributed by atoms with Crippen molar-refractivity contribution in [2.75, 3.05) is 6.79 Å². The van der Waals surface area contributed by atoms with E-state index in [1.165, 1.54) is 0 Å². The number of nitrogens with zero attached hydrogens (tertiary/aromatic N) is 1. The number of carbonyl (C=O) groups is 1. The number of nitrogens with one attached hydrogen (secondary N) is 1. The summed E-state index contributed by atoms with van der Waals surface area (Å²) in [5, 5.41) is 4.03. The second kappa shape index (κ2) is 5.32. The Morgan fingerprint density at radius 3 is 2.76 bits per heavy atom. The van der Waals surface area contributed by atoms with E-state index in [2.05, 4.69) is 10.5 Å². The van der Waals surface area contributed by atoms with Crippen molar-refractivity contribution in [2.24, 2.45) is 5.10 Å². The van der Waals surface area contributed by atoms with Gasteiger partial charge in [-0.05, 0) is 44.2 Å². The van der Waals surface area contributed by atoms with Crippen LogP contribution in [0.15, 0.2) is 39.9 Å². The summed E-state index contributed by atoms with van der Waals surface area (Å²) in [5.41, 5.74) is 3.54. The van der Waals surface area contributed by atoms with E-state index < -0.39 is 0 Å². The van der Waals surface area contributed by atoms with Gasteiger partial charge in [0.05, 0.1) is 0 Å². The van der Waals surface area contributed by atoms with E-state index >= 15 is 0 Å². The van der Waals surface area contributed by atoms with Gasteiger partial charge < -0.3 is 13.9 Å². The molecule has 1 aliphatic heterocycles. The third-order valence-corrected chi connectivity index (χ3v) is 3.06. The van der Waals surface area contributed by atoms with Crippen molar-refractivity contribution in [2.45, 2.75) is 13.8 Å². The van der Waals surface area contributed by atoms with Crippen LogP contribution in [-0.2, 0) is 0 Å². The maximum Gasteiger partial charge on any atom is 0.271 e. The van der Waals surface area contributed by atoms with Crippen molar-refractivity contribution >= 4 is 11.6 Å². The number of carbonyl (C=O) groups excluding carboxylic acids is 1. The summed E-state index contributed by atoms with van der Waals surface area (Å²) in [6.07, 6.45) is 0. The number of rotatable bonds is 3. The summed E-state index contributed by atoms with van der Waals surface area (Å²) in [5.74, 6) is 2.29. The monoisotopic (exact) mass is 286 g/mol. The molecule has 1 aliphatic rings. The van der Waals surface area contributed by atoms with E-state index in [0.29, 0.717) is 28.5 Å². The fourth-order valence-electron chi connectivity index (χ4n) is 1.92. The van der Waals surface area contributed by atoms with Gasteiger partial charge in [0.15, 0.2) is 11.5 Å². The van der Waals surface area contributed by atoms with E-state index in [1.807, 2.05) is 13.0 Å². The molecule has 0 saturated carbocycles. The van der Waals surface area contributed by atoms with E-state index in [9.17, 15) is 4.79 Å². The molecule has 0 unspecified atom stereocenters. The lowest BCUT2D eigenvalue weighted by Gasteiger charge is -2.02. The first-order valence-electron chi connectivity index (χ1n) is 6.44. The summed E-state index contributed by atoms with van der Waals surface area (Å²) in [4.78, 5) is 12.0. The van der Waals surface area contributed by atoms with Crippen LogP contribution in [0.1, 0.15) is 28.8 Å². The molecule has 6 heteroatoms. The summed E-state index contributed by atoms with van der Waals surface area (Å²) in [6, 6.07) is 8.63. The van der Waals surface area contributed by atoms with Gasteiger partial charge in [-0.15, -0.1) is 0 Å². The Bertz CT molecular complexity index is 718. The van der Waals surface area contributed by atoms with Crippen LogP contribution < -0.4 is 14.9 Å². The lowest BCUT2D eigenvalue weighted by atomic mass is 10.2. The molecule has 0 fully saturated rings. The summed E-state index contributed by atoms with van der Waals surface area (Å²) >= 11 is 0. The van der Waals surface area contributed by atoms with Gasteiger partial charge in [0.2, 0.25) is 6.79 Å². The van der Waals surface area contributed by atoms with Crippen molar-refractivity contribution in [3.63, 3.8) is 0 Å². The van der Waals surface area contributed by atoms with Gasteiger partial charge in [-0.25, -0.2) is 5.43 Å². The number of furan rings is 1. The van der Waals surface area contributed by atoms with E-state index in [0.717, 1.165) is 5.76 Å². The molecule has 0 atom stereocenters. The Balaban J connectivity index is 1.71. The highest BCUT2D eigenvalue weighted by Gasteiger charge is 2.16. The van der Waals surface area contributed by atoms with Crippen LogP contribution in [0.25, 0.3) is 0 Å². The fraction of sp³-hybridized carbons (Fsp3) is 0.200. The SMILES string of the molecule is C/C(=N\NC(=O)c1ccc2c(c1)OCO2)c1ccc(C)o1. The molecular weight excluding hydrogens is 272 g/mol. The average Bonchev–Trinajstić information content (AvgIpc) is 3.12. The first kappa shape index (κ1) is 13.2. The highest BCUT2D eigenvalue weighted by Crippen LogP contribution is 2.32. The second-order valence-electron chi connectivity index (χ2n) is 4.62. The largest absolute Gasteiger partial charge is 0.460 e. The molecule has 2 heterocycles. The molecule has 0 aliphatic carbocycles. The maximum absolute atomic E-state index is 12.0. The topological polar surface area (TPSA) is 73.1 Å². The maximum atomic E-state index is 12.0. The Labute approximate surface area is 121 Å². The first-order chi connectivity index (χ1) is 10.1. The molecular formula is C15H14N2O4. The van der Waals surface area contributed by atoms with E-state index in [4.69, 9.17) is 13.9 Å². The van der Waals surface area contributed by atoms with E-state index in [-0.39, 0.29) is 12.7 Å². The van der Waals surface area contributed by atoms with Crippen LogP contribution in [0, 0.1) is 6.92 Å². The Morgan fingerprint density at radius 2 is 2.00 bits per heavy atom. The predicted molar refractivity (Wildman–Crippen MR) is 75.7 cm³/mol. The van der Waals surface area contributed by atoms with Crippen LogP contribution in [-0.4, -0.2) is 18.4 Å². The number of hydrogen-bond acceptors (Lipinski definition) is 5. The van der Waals surface area contributed by atoms with Gasteiger partial charge in [0.25, 0.3) is 5.91 Å². The standard InChI is InChI=1S/C15H14N2O4/c1-9-3-5-12(21-9)10(2)16-17-15(18)11-4-6-13-14(7-11)20-8-19-13/h3-7H,8H2,1-2H3,(H,17,18)/b16-10+. The predicted octanol–water partition coefficient (Wildman–Crippen LogP) is 2.47. The third-order valence-electron chi connectivity index (χ3n) is 3.06.